The number of hydrogen-bond acceptors (Lipinski definition) is 4. The summed E-state index contributed by atoms with van der Waals surface area (Å²) in [5, 5.41) is 31.7. The van der Waals surface area contributed by atoms with Gasteiger partial charge in [-0.25, -0.2) is 0 Å². The quantitative estimate of drug-likeness (QED) is 0.544. The van der Waals surface area contributed by atoms with Crippen molar-refractivity contribution in [2.45, 2.75) is 33.6 Å². The van der Waals surface area contributed by atoms with Crippen LogP contribution in [-0.4, -0.2) is 22.4 Å². The Morgan fingerprint density at radius 2 is 1.18 bits per heavy atom. The van der Waals surface area contributed by atoms with Gasteiger partial charge in [-0.2, -0.15) is 0 Å². The molecule has 3 N–H and O–H groups in total. The molecule has 4 heteroatoms. The lowest BCUT2D eigenvalue weighted by Gasteiger charge is -2.25. The van der Waals surface area contributed by atoms with E-state index in [9.17, 15) is 15.3 Å². The summed E-state index contributed by atoms with van der Waals surface area (Å²) in [7, 11) is 1.50. The average molecular weight is 378 g/mol. The lowest BCUT2D eigenvalue weighted by molar-refractivity contribution is 0.373. The minimum Gasteiger partial charge on any atom is -0.508 e. The highest BCUT2D eigenvalue weighted by Gasteiger charge is 2.27. The maximum atomic E-state index is 10.8. The molecule has 0 radical (unpaired) electrons. The highest BCUT2D eigenvalue weighted by Crippen LogP contribution is 2.45. The van der Waals surface area contributed by atoms with E-state index in [-0.39, 0.29) is 17.2 Å². The van der Waals surface area contributed by atoms with Crippen LogP contribution in [0.25, 0.3) is 0 Å². The van der Waals surface area contributed by atoms with Crippen molar-refractivity contribution in [2.75, 3.05) is 7.11 Å². The van der Waals surface area contributed by atoms with Crippen LogP contribution >= 0.6 is 0 Å². The smallest absolute Gasteiger partial charge is 0.160 e. The maximum absolute atomic E-state index is 10.8. The molecule has 0 bridgehead atoms. The molecule has 3 rings (SSSR count). The monoisotopic (exact) mass is 378 g/mol. The van der Waals surface area contributed by atoms with E-state index in [1.165, 1.54) is 7.11 Å². The van der Waals surface area contributed by atoms with Crippen LogP contribution in [0.1, 0.15) is 44.9 Å². The van der Waals surface area contributed by atoms with Crippen LogP contribution in [0, 0.1) is 27.7 Å². The Hall–Kier alpha value is -3.14. The molecule has 0 amide bonds. The first kappa shape index (κ1) is 19.6. The number of ether oxygens (including phenoxy) is 1. The lowest BCUT2D eigenvalue weighted by Crippen LogP contribution is -2.09. The van der Waals surface area contributed by atoms with Gasteiger partial charge in [-0.1, -0.05) is 18.2 Å². The van der Waals surface area contributed by atoms with Gasteiger partial charge in [-0.05, 0) is 79.8 Å². The van der Waals surface area contributed by atoms with Crippen LogP contribution in [0.3, 0.4) is 0 Å². The largest absolute Gasteiger partial charge is 0.508 e. The van der Waals surface area contributed by atoms with Gasteiger partial charge in [0.1, 0.15) is 11.5 Å². The summed E-state index contributed by atoms with van der Waals surface area (Å²) in [6, 6.07) is 12.6. The molecule has 0 aromatic heterocycles. The van der Waals surface area contributed by atoms with Crippen LogP contribution in [0.15, 0.2) is 42.5 Å². The molecule has 4 nitrogen and oxygen atoms in total. The molecule has 3 aromatic carbocycles. The molecule has 0 aliphatic carbocycles. The first-order chi connectivity index (χ1) is 13.2. The minimum absolute atomic E-state index is 0.0414. The van der Waals surface area contributed by atoms with Gasteiger partial charge in [0.2, 0.25) is 0 Å². The van der Waals surface area contributed by atoms with Crippen LogP contribution in [-0.2, 0) is 0 Å². The topological polar surface area (TPSA) is 69.9 Å². The molecule has 3 aromatic rings. The summed E-state index contributed by atoms with van der Waals surface area (Å²) in [6.07, 6.45) is 0. The van der Waals surface area contributed by atoms with E-state index in [2.05, 4.69) is 0 Å². The second-order valence-corrected chi connectivity index (χ2v) is 7.39. The molecule has 146 valence electrons. The summed E-state index contributed by atoms with van der Waals surface area (Å²) in [5.74, 6) is 0.314. The Balaban J connectivity index is 2.37. The summed E-state index contributed by atoms with van der Waals surface area (Å²) in [6.45, 7) is 7.77. The van der Waals surface area contributed by atoms with E-state index >= 15 is 0 Å². The fraction of sp³-hybridized carbons (Fsp3) is 0.250. The second-order valence-electron chi connectivity index (χ2n) is 7.39. The Morgan fingerprint density at radius 3 is 1.61 bits per heavy atom. The molecule has 0 aliphatic heterocycles. The van der Waals surface area contributed by atoms with E-state index in [1.807, 2.05) is 39.8 Å². The predicted molar refractivity (Wildman–Crippen MR) is 111 cm³/mol. The molecule has 0 unspecified atom stereocenters. The van der Waals surface area contributed by atoms with Crippen molar-refractivity contribution >= 4 is 0 Å². The number of phenols is 3. The summed E-state index contributed by atoms with van der Waals surface area (Å²) < 4.78 is 5.29. The van der Waals surface area contributed by atoms with Crippen molar-refractivity contribution in [3.05, 3.63) is 81.4 Å². The number of methoxy groups -OCH3 is 1. The molecular weight excluding hydrogens is 352 g/mol. The average Bonchev–Trinajstić information content (AvgIpc) is 2.59. The zero-order valence-electron chi connectivity index (χ0n) is 16.9. The Kier molecular flexibility index (Phi) is 5.23. The number of aromatic hydroxyl groups is 3. The minimum atomic E-state index is -0.421. The van der Waals surface area contributed by atoms with E-state index in [0.717, 1.165) is 38.9 Å². The number of phenolic OH excluding ortho intramolecular Hbond substituents is 3. The van der Waals surface area contributed by atoms with Crippen LogP contribution in [0.2, 0.25) is 0 Å². The van der Waals surface area contributed by atoms with Crippen LogP contribution in [0.4, 0.5) is 0 Å². The van der Waals surface area contributed by atoms with Crippen molar-refractivity contribution in [1.29, 1.82) is 0 Å². The first-order valence-corrected chi connectivity index (χ1v) is 9.20. The van der Waals surface area contributed by atoms with E-state index < -0.39 is 5.92 Å². The van der Waals surface area contributed by atoms with Gasteiger partial charge in [-0.3, -0.25) is 0 Å². The molecule has 0 atom stereocenters. The third kappa shape index (κ3) is 3.50. The van der Waals surface area contributed by atoms with Crippen molar-refractivity contribution in [3.8, 4) is 23.0 Å². The molecule has 0 aliphatic rings. The highest BCUT2D eigenvalue weighted by atomic mass is 16.5. The maximum Gasteiger partial charge on any atom is 0.160 e. The van der Waals surface area contributed by atoms with Gasteiger partial charge in [0, 0.05) is 17.0 Å². The van der Waals surface area contributed by atoms with Gasteiger partial charge >= 0.3 is 0 Å². The SMILES string of the molecule is COc1cc(C(c2c(C)cc(C)cc2O)c2c(C)cc(C)cc2O)ccc1O. The molecule has 0 spiro atoms. The second kappa shape index (κ2) is 7.47. The van der Waals surface area contributed by atoms with Crippen LogP contribution < -0.4 is 4.74 Å². The predicted octanol–water partition coefficient (Wildman–Crippen LogP) is 5.23. The summed E-state index contributed by atoms with van der Waals surface area (Å²) >= 11 is 0. The lowest BCUT2D eigenvalue weighted by atomic mass is 9.79. The molecular formula is C24H26O4. The molecule has 0 fully saturated rings. The number of benzene rings is 3. The molecule has 0 saturated carbocycles. The van der Waals surface area contributed by atoms with Crippen molar-refractivity contribution in [3.63, 3.8) is 0 Å². The zero-order chi connectivity index (χ0) is 20.6. The van der Waals surface area contributed by atoms with Gasteiger partial charge in [0.25, 0.3) is 0 Å². The standard InChI is InChI=1S/C24H26O4/c1-13-8-15(3)22(19(26)10-13)24(17-6-7-18(25)21(12-17)28-5)23-16(4)9-14(2)11-20(23)27/h6-12,24-27H,1-5H3. The highest BCUT2D eigenvalue weighted by molar-refractivity contribution is 5.60. The van der Waals surface area contributed by atoms with Crippen molar-refractivity contribution in [2.24, 2.45) is 0 Å². The first-order valence-electron chi connectivity index (χ1n) is 9.20. The number of aryl methyl sites for hydroxylation is 4. The summed E-state index contributed by atoms with van der Waals surface area (Å²) in [4.78, 5) is 0. The molecule has 28 heavy (non-hydrogen) atoms. The fourth-order valence-corrected chi connectivity index (χ4v) is 4.02. The normalized spacial score (nSPS) is 11.1. The van der Waals surface area contributed by atoms with Gasteiger partial charge in [0.05, 0.1) is 7.11 Å². The fourth-order valence-electron chi connectivity index (χ4n) is 4.02. The molecule has 0 saturated heterocycles. The Bertz CT molecular complexity index is 933. The van der Waals surface area contributed by atoms with Crippen molar-refractivity contribution < 1.29 is 20.1 Å². The zero-order valence-corrected chi connectivity index (χ0v) is 16.9. The van der Waals surface area contributed by atoms with E-state index in [1.54, 1.807) is 30.3 Å². The third-order valence-electron chi connectivity index (χ3n) is 5.13. The Morgan fingerprint density at radius 1 is 0.679 bits per heavy atom. The van der Waals surface area contributed by atoms with Gasteiger partial charge < -0.3 is 20.1 Å². The van der Waals surface area contributed by atoms with E-state index in [0.29, 0.717) is 5.75 Å². The van der Waals surface area contributed by atoms with Gasteiger partial charge in [-0.15, -0.1) is 0 Å². The van der Waals surface area contributed by atoms with Crippen molar-refractivity contribution in [1.82, 2.24) is 0 Å². The third-order valence-corrected chi connectivity index (χ3v) is 5.13. The Labute approximate surface area is 165 Å². The van der Waals surface area contributed by atoms with E-state index in [4.69, 9.17) is 4.74 Å². The number of rotatable bonds is 4. The molecule has 0 heterocycles. The van der Waals surface area contributed by atoms with Gasteiger partial charge in [0.15, 0.2) is 11.5 Å². The number of hydrogen-bond donors (Lipinski definition) is 3. The summed E-state index contributed by atoms with van der Waals surface area (Å²) in [5.41, 5.74) is 6.03. The van der Waals surface area contributed by atoms with Crippen LogP contribution in [0.5, 0.6) is 23.0 Å².